The van der Waals surface area contributed by atoms with Gasteiger partial charge in [0.15, 0.2) is 10.9 Å². The molecule has 4 rings (SSSR count). The summed E-state index contributed by atoms with van der Waals surface area (Å²) < 4.78 is 7.31. The Morgan fingerprint density at radius 2 is 1.82 bits per heavy atom. The van der Waals surface area contributed by atoms with Crippen molar-refractivity contribution in [3.8, 4) is 5.75 Å². The van der Waals surface area contributed by atoms with Crippen LogP contribution in [0.5, 0.6) is 5.75 Å². The number of hydrogen-bond acceptors (Lipinski definition) is 7. The normalized spacial score (nSPS) is 10.7. The highest BCUT2D eigenvalue weighted by atomic mass is 32.2. The molecule has 0 bridgehead atoms. The molecule has 0 radical (unpaired) electrons. The molecule has 33 heavy (non-hydrogen) atoms. The molecule has 2 amide bonds. The van der Waals surface area contributed by atoms with Gasteiger partial charge in [-0.1, -0.05) is 48.2 Å². The first kappa shape index (κ1) is 22.8. The van der Waals surface area contributed by atoms with Gasteiger partial charge in [-0.2, -0.15) is 0 Å². The molecule has 0 aliphatic rings. The minimum Gasteiger partial charge on any atom is -0.496 e. The van der Waals surface area contributed by atoms with Crippen LogP contribution in [0.3, 0.4) is 0 Å². The Balaban J connectivity index is 1.30. The lowest BCUT2D eigenvalue weighted by Gasteiger charge is -2.07. The molecule has 1 aromatic heterocycles. The van der Waals surface area contributed by atoms with E-state index in [1.54, 1.807) is 60.5 Å². The highest BCUT2D eigenvalue weighted by Crippen LogP contribution is 2.34. The SMILES string of the molecule is COc1ccccc1CSc1nc2ccc(NC(=O)CONC(=O)c3ccccc3)cc2s1. The van der Waals surface area contributed by atoms with Crippen molar-refractivity contribution in [1.82, 2.24) is 10.5 Å². The number of fused-ring (bicyclic) bond motifs is 1. The van der Waals surface area contributed by atoms with E-state index in [-0.39, 0.29) is 12.5 Å². The van der Waals surface area contributed by atoms with Crippen LogP contribution in [-0.4, -0.2) is 30.5 Å². The first-order chi connectivity index (χ1) is 16.1. The van der Waals surface area contributed by atoms with Gasteiger partial charge < -0.3 is 10.1 Å². The Bertz CT molecular complexity index is 1260. The largest absolute Gasteiger partial charge is 0.496 e. The number of carbonyl (C=O) groups is 2. The second kappa shape index (κ2) is 11.0. The van der Waals surface area contributed by atoms with E-state index in [9.17, 15) is 9.59 Å². The number of methoxy groups -OCH3 is 1. The van der Waals surface area contributed by atoms with E-state index in [1.807, 2.05) is 42.5 Å². The first-order valence-corrected chi connectivity index (χ1v) is 11.8. The van der Waals surface area contributed by atoms with Crippen molar-refractivity contribution in [1.29, 1.82) is 0 Å². The van der Waals surface area contributed by atoms with Crippen LogP contribution in [0.15, 0.2) is 77.1 Å². The number of ether oxygens (including phenoxy) is 1. The molecule has 0 saturated carbocycles. The third-order valence-electron chi connectivity index (χ3n) is 4.60. The molecule has 0 fully saturated rings. The smallest absolute Gasteiger partial charge is 0.274 e. The minimum atomic E-state index is -0.410. The van der Waals surface area contributed by atoms with Crippen LogP contribution in [0.1, 0.15) is 15.9 Å². The second-order valence-electron chi connectivity index (χ2n) is 6.90. The highest BCUT2D eigenvalue weighted by Gasteiger charge is 2.10. The molecule has 168 valence electrons. The van der Waals surface area contributed by atoms with E-state index in [4.69, 9.17) is 9.57 Å². The van der Waals surface area contributed by atoms with Gasteiger partial charge in [-0.3, -0.25) is 14.4 Å². The number of benzene rings is 3. The van der Waals surface area contributed by atoms with Crippen LogP contribution in [-0.2, 0) is 15.4 Å². The number of thiazole rings is 1. The molecule has 7 nitrogen and oxygen atoms in total. The molecule has 2 N–H and O–H groups in total. The summed E-state index contributed by atoms with van der Waals surface area (Å²) in [5.74, 6) is 0.823. The number of anilines is 1. The lowest BCUT2D eigenvalue weighted by atomic mass is 10.2. The summed E-state index contributed by atoms with van der Waals surface area (Å²) in [5.41, 5.74) is 5.33. The van der Waals surface area contributed by atoms with Crippen molar-refractivity contribution in [2.45, 2.75) is 10.1 Å². The van der Waals surface area contributed by atoms with E-state index < -0.39 is 5.91 Å². The van der Waals surface area contributed by atoms with Crippen molar-refractivity contribution in [3.05, 3.63) is 83.9 Å². The van der Waals surface area contributed by atoms with Gasteiger partial charge in [0.1, 0.15) is 5.75 Å². The first-order valence-electron chi connectivity index (χ1n) is 10.0. The van der Waals surface area contributed by atoms with Crippen molar-refractivity contribution >= 4 is 50.8 Å². The van der Waals surface area contributed by atoms with Gasteiger partial charge in [0, 0.05) is 22.6 Å². The predicted octanol–water partition coefficient (Wildman–Crippen LogP) is 4.90. The fourth-order valence-corrected chi connectivity index (χ4v) is 5.12. The van der Waals surface area contributed by atoms with E-state index in [0.29, 0.717) is 11.3 Å². The molecule has 1 heterocycles. The number of aromatic nitrogens is 1. The van der Waals surface area contributed by atoms with E-state index in [1.165, 1.54) is 0 Å². The van der Waals surface area contributed by atoms with Gasteiger partial charge >= 0.3 is 0 Å². The molecular weight excluding hydrogens is 458 g/mol. The Morgan fingerprint density at radius 3 is 2.64 bits per heavy atom. The number of hydrogen-bond donors (Lipinski definition) is 2. The third kappa shape index (κ3) is 6.10. The maximum absolute atomic E-state index is 12.2. The molecule has 0 spiro atoms. The number of para-hydroxylation sites is 1. The summed E-state index contributed by atoms with van der Waals surface area (Å²) in [4.78, 5) is 33.8. The number of nitrogens with one attached hydrogen (secondary N) is 2. The maximum Gasteiger partial charge on any atom is 0.274 e. The molecule has 0 aliphatic carbocycles. The number of hydroxylamine groups is 1. The van der Waals surface area contributed by atoms with Gasteiger partial charge in [-0.15, -0.1) is 11.3 Å². The van der Waals surface area contributed by atoms with Crippen LogP contribution in [0.2, 0.25) is 0 Å². The number of nitrogens with zero attached hydrogens (tertiary/aromatic N) is 1. The molecule has 3 aromatic carbocycles. The van der Waals surface area contributed by atoms with Gasteiger partial charge in [-0.05, 0) is 36.4 Å². The van der Waals surface area contributed by atoms with Crippen LogP contribution >= 0.6 is 23.1 Å². The monoisotopic (exact) mass is 479 g/mol. The molecule has 9 heteroatoms. The number of rotatable bonds is 9. The molecule has 0 unspecified atom stereocenters. The Labute approximate surface area is 199 Å². The quantitative estimate of drug-likeness (QED) is 0.262. The lowest BCUT2D eigenvalue weighted by molar-refractivity contribution is -0.122. The summed E-state index contributed by atoms with van der Waals surface area (Å²) in [6.45, 7) is -0.306. The van der Waals surface area contributed by atoms with E-state index >= 15 is 0 Å². The van der Waals surface area contributed by atoms with Crippen molar-refractivity contribution < 1.29 is 19.2 Å². The zero-order valence-corrected chi connectivity index (χ0v) is 19.4. The van der Waals surface area contributed by atoms with Gasteiger partial charge in [0.2, 0.25) is 0 Å². The maximum atomic E-state index is 12.2. The summed E-state index contributed by atoms with van der Waals surface area (Å²) in [7, 11) is 1.67. The van der Waals surface area contributed by atoms with E-state index in [0.717, 1.165) is 31.6 Å². The fraction of sp³-hybridized carbons (Fsp3) is 0.125. The van der Waals surface area contributed by atoms with E-state index in [2.05, 4.69) is 15.8 Å². The topological polar surface area (TPSA) is 89.6 Å². The molecule has 0 atom stereocenters. The summed E-state index contributed by atoms with van der Waals surface area (Å²) in [6, 6.07) is 22.1. The highest BCUT2D eigenvalue weighted by molar-refractivity contribution is 8.00. The minimum absolute atomic E-state index is 0.306. The number of amides is 2. The molecule has 0 aliphatic heterocycles. The summed E-state index contributed by atoms with van der Waals surface area (Å²) in [6.07, 6.45) is 0. The fourth-order valence-electron chi connectivity index (χ4n) is 3.02. The zero-order valence-electron chi connectivity index (χ0n) is 17.7. The van der Waals surface area contributed by atoms with Crippen molar-refractivity contribution in [3.63, 3.8) is 0 Å². The standard InChI is InChI=1S/C24H21N3O4S2/c1-30-20-10-6-5-9-17(20)15-32-24-26-19-12-11-18(13-21(19)33-24)25-22(28)14-31-27-23(29)16-7-3-2-4-8-16/h2-13H,14-15H2,1H3,(H,25,28)(H,27,29). The Kier molecular flexibility index (Phi) is 7.56. The van der Waals surface area contributed by atoms with Crippen LogP contribution in [0.25, 0.3) is 10.2 Å². The van der Waals surface area contributed by atoms with Gasteiger partial charge in [-0.25, -0.2) is 10.5 Å². The van der Waals surface area contributed by atoms with Gasteiger partial charge in [0.25, 0.3) is 11.8 Å². The number of carbonyl (C=O) groups excluding carboxylic acids is 2. The predicted molar refractivity (Wildman–Crippen MR) is 131 cm³/mol. The van der Waals surface area contributed by atoms with Crippen molar-refractivity contribution in [2.24, 2.45) is 0 Å². The van der Waals surface area contributed by atoms with Gasteiger partial charge in [0.05, 0.1) is 17.3 Å². The molecular formula is C24H21N3O4S2. The third-order valence-corrected chi connectivity index (χ3v) is 6.81. The van der Waals surface area contributed by atoms with Crippen LogP contribution in [0.4, 0.5) is 5.69 Å². The Morgan fingerprint density at radius 1 is 1.03 bits per heavy atom. The lowest BCUT2D eigenvalue weighted by Crippen LogP contribution is -2.29. The average molecular weight is 480 g/mol. The summed E-state index contributed by atoms with van der Waals surface area (Å²) in [5, 5.41) is 2.77. The molecule has 4 aromatic rings. The Hall–Kier alpha value is -3.40. The summed E-state index contributed by atoms with van der Waals surface area (Å²) >= 11 is 3.20. The number of thioether (sulfide) groups is 1. The second-order valence-corrected chi connectivity index (χ2v) is 9.15. The zero-order chi connectivity index (χ0) is 23.0. The van der Waals surface area contributed by atoms with Crippen molar-refractivity contribution in [2.75, 3.05) is 19.0 Å². The molecule has 0 saturated heterocycles. The average Bonchev–Trinajstić information content (AvgIpc) is 3.25. The van der Waals surface area contributed by atoms with Crippen LogP contribution < -0.4 is 15.5 Å². The van der Waals surface area contributed by atoms with Crippen LogP contribution in [0, 0.1) is 0 Å².